The second kappa shape index (κ2) is 5.26. The quantitative estimate of drug-likeness (QED) is 0.380. The van der Waals surface area contributed by atoms with Crippen molar-refractivity contribution in [2.75, 3.05) is 20.3 Å². The third-order valence-corrected chi connectivity index (χ3v) is 3.03. The number of ether oxygens (including phenoxy) is 2. The van der Waals surface area contributed by atoms with Crippen LogP contribution in [0.25, 0.3) is 0 Å². The van der Waals surface area contributed by atoms with Gasteiger partial charge in [-0.25, -0.2) is 0 Å². The Balaban J connectivity index is 2.51. The summed E-state index contributed by atoms with van der Waals surface area (Å²) in [6.45, 7) is 2.52. The van der Waals surface area contributed by atoms with E-state index in [1.54, 1.807) is 7.11 Å². The Morgan fingerprint density at radius 3 is 2.73 bits per heavy atom. The summed E-state index contributed by atoms with van der Waals surface area (Å²) >= 11 is 0. The fourth-order valence-corrected chi connectivity index (χ4v) is 1.95. The van der Waals surface area contributed by atoms with Crippen molar-refractivity contribution in [2.45, 2.75) is 32.6 Å². The molecular weight excluding hydrogens is 196 g/mol. The zero-order chi connectivity index (χ0) is 11.3. The smallest absolute Gasteiger partial charge is 0.319 e. The maximum atomic E-state index is 11.5. The van der Waals surface area contributed by atoms with Crippen LogP contribution in [-0.4, -0.2) is 32.1 Å². The first kappa shape index (κ1) is 12.2. The summed E-state index contributed by atoms with van der Waals surface area (Å²) in [4.78, 5) is 23.0. The number of esters is 1. The van der Waals surface area contributed by atoms with Crippen LogP contribution in [0.1, 0.15) is 32.6 Å². The zero-order valence-electron chi connectivity index (χ0n) is 9.38. The third kappa shape index (κ3) is 2.56. The van der Waals surface area contributed by atoms with Crippen LogP contribution in [0.3, 0.4) is 0 Å². The van der Waals surface area contributed by atoms with E-state index in [9.17, 15) is 9.59 Å². The molecule has 0 aromatic heterocycles. The van der Waals surface area contributed by atoms with Crippen molar-refractivity contribution in [1.82, 2.24) is 0 Å². The molecule has 0 spiro atoms. The summed E-state index contributed by atoms with van der Waals surface area (Å²) in [5.74, 6) is -0.408. The van der Waals surface area contributed by atoms with Crippen LogP contribution in [-0.2, 0) is 19.1 Å². The molecule has 0 bridgehead atoms. The monoisotopic (exact) mass is 214 g/mol. The molecule has 1 saturated heterocycles. The van der Waals surface area contributed by atoms with Crippen LogP contribution in [0.2, 0.25) is 0 Å². The van der Waals surface area contributed by atoms with Crippen LogP contribution in [0.4, 0.5) is 0 Å². The number of carbonyl (C=O) groups excluding carboxylic acids is 2. The largest absolute Gasteiger partial charge is 0.465 e. The van der Waals surface area contributed by atoms with Gasteiger partial charge in [-0.05, 0) is 26.2 Å². The minimum atomic E-state index is -0.853. The Hall–Kier alpha value is -0.900. The van der Waals surface area contributed by atoms with Crippen LogP contribution in [0, 0.1) is 5.41 Å². The summed E-state index contributed by atoms with van der Waals surface area (Å²) in [6.07, 6.45) is 2.82. The van der Waals surface area contributed by atoms with E-state index in [0.717, 1.165) is 12.8 Å². The molecule has 15 heavy (non-hydrogen) atoms. The molecule has 0 radical (unpaired) electrons. The predicted octanol–water partition coefficient (Wildman–Crippen LogP) is 1.33. The van der Waals surface area contributed by atoms with Crippen molar-refractivity contribution in [1.29, 1.82) is 0 Å². The highest BCUT2D eigenvalue weighted by atomic mass is 16.5. The van der Waals surface area contributed by atoms with Gasteiger partial charge in [-0.2, -0.15) is 0 Å². The van der Waals surface area contributed by atoms with E-state index in [-0.39, 0.29) is 11.8 Å². The molecule has 1 aliphatic rings. The van der Waals surface area contributed by atoms with Crippen LogP contribution in [0.15, 0.2) is 0 Å². The molecule has 1 rings (SSSR count). The SMILES string of the molecule is COCCCCC1(C(C)=O)CCOC1=O. The highest BCUT2D eigenvalue weighted by Gasteiger charge is 2.47. The Labute approximate surface area is 89.9 Å². The number of rotatable bonds is 6. The van der Waals surface area contributed by atoms with Gasteiger partial charge in [-0.15, -0.1) is 0 Å². The van der Waals surface area contributed by atoms with E-state index in [1.165, 1.54) is 6.92 Å². The highest BCUT2D eigenvalue weighted by Crippen LogP contribution is 2.36. The van der Waals surface area contributed by atoms with Gasteiger partial charge in [-0.1, -0.05) is 0 Å². The standard InChI is InChI=1S/C11H18O4/c1-9(12)11(5-3-4-7-14-2)6-8-15-10(11)13/h3-8H2,1-2H3. The van der Waals surface area contributed by atoms with Gasteiger partial charge in [0.05, 0.1) is 6.61 Å². The first-order valence-corrected chi connectivity index (χ1v) is 5.31. The Kier molecular flexibility index (Phi) is 4.27. The molecule has 1 aliphatic heterocycles. The molecule has 0 aromatic rings. The second-order valence-corrected chi connectivity index (χ2v) is 3.97. The minimum Gasteiger partial charge on any atom is -0.465 e. The lowest BCUT2D eigenvalue weighted by atomic mass is 9.78. The number of ketones is 1. The second-order valence-electron chi connectivity index (χ2n) is 3.97. The lowest BCUT2D eigenvalue weighted by Gasteiger charge is -2.20. The summed E-state index contributed by atoms with van der Waals surface area (Å²) in [7, 11) is 1.64. The molecule has 1 unspecified atom stereocenters. The molecule has 1 heterocycles. The molecule has 0 saturated carbocycles. The molecule has 1 fully saturated rings. The van der Waals surface area contributed by atoms with Gasteiger partial charge >= 0.3 is 5.97 Å². The van der Waals surface area contributed by atoms with Crippen molar-refractivity contribution in [2.24, 2.45) is 5.41 Å². The zero-order valence-corrected chi connectivity index (χ0v) is 9.38. The molecule has 0 aliphatic carbocycles. The van der Waals surface area contributed by atoms with Crippen molar-refractivity contribution in [3.05, 3.63) is 0 Å². The topological polar surface area (TPSA) is 52.6 Å². The lowest BCUT2D eigenvalue weighted by Crippen LogP contribution is -2.34. The maximum absolute atomic E-state index is 11.5. The normalized spacial score (nSPS) is 25.3. The Morgan fingerprint density at radius 2 is 2.27 bits per heavy atom. The Morgan fingerprint density at radius 1 is 1.53 bits per heavy atom. The van der Waals surface area contributed by atoms with Crippen molar-refractivity contribution >= 4 is 11.8 Å². The first-order chi connectivity index (χ1) is 7.13. The molecule has 86 valence electrons. The van der Waals surface area contributed by atoms with Gasteiger partial charge in [-0.3, -0.25) is 9.59 Å². The van der Waals surface area contributed by atoms with E-state index >= 15 is 0 Å². The maximum Gasteiger partial charge on any atom is 0.319 e. The van der Waals surface area contributed by atoms with E-state index in [4.69, 9.17) is 9.47 Å². The lowest BCUT2D eigenvalue weighted by molar-refractivity contribution is -0.151. The average Bonchev–Trinajstić information content (AvgIpc) is 2.56. The summed E-state index contributed by atoms with van der Waals surface area (Å²) in [5, 5.41) is 0. The molecule has 0 N–H and O–H groups in total. The number of Topliss-reactive ketones (excluding diaryl/α,β-unsaturated/α-hetero) is 1. The third-order valence-electron chi connectivity index (χ3n) is 3.03. The molecular formula is C11H18O4. The minimum absolute atomic E-state index is 0.0672. The molecule has 0 aromatic carbocycles. The van der Waals surface area contributed by atoms with E-state index in [0.29, 0.717) is 26.1 Å². The summed E-state index contributed by atoms with van der Waals surface area (Å²) in [6, 6.07) is 0. The molecule has 4 nitrogen and oxygen atoms in total. The number of methoxy groups -OCH3 is 1. The van der Waals surface area contributed by atoms with Gasteiger partial charge in [0.15, 0.2) is 0 Å². The van der Waals surface area contributed by atoms with Gasteiger partial charge in [0.1, 0.15) is 11.2 Å². The van der Waals surface area contributed by atoms with Crippen molar-refractivity contribution < 1.29 is 19.1 Å². The van der Waals surface area contributed by atoms with E-state index in [1.807, 2.05) is 0 Å². The number of cyclic esters (lactones) is 1. The van der Waals surface area contributed by atoms with Crippen LogP contribution in [0.5, 0.6) is 0 Å². The number of hydrogen-bond acceptors (Lipinski definition) is 4. The average molecular weight is 214 g/mol. The summed E-state index contributed by atoms with van der Waals surface area (Å²) < 4.78 is 9.82. The van der Waals surface area contributed by atoms with Crippen molar-refractivity contribution in [3.63, 3.8) is 0 Å². The molecule has 1 atom stereocenters. The number of hydrogen-bond donors (Lipinski definition) is 0. The number of carbonyl (C=O) groups is 2. The highest BCUT2D eigenvalue weighted by molar-refractivity contribution is 6.03. The number of unbranched alkanes of at least 4 members (excludes halogenated alkanes) is 1. The molecule has 0 amide bonds. The predicted molar refractivity (Wildman–Crippen MR) is 54.4 cm³/mol. The fraction of sp³-hybridized carbons (Fsp3) is 0.818. The Bertz CT molecular complexity index is 249. The summed E-state index contributed by atoms with van der Waals surface area (Å²) in [5.41, 5.74) is -0.853. The van der Waals surface area contributed by atoms with Crippen LogP contribution < -0.4 is 0 Å². The first-order valence-electron chi connectivity index (χ1n) is 5.31. The van der Waals surface area contributed by atoms with Gasteiger partial charge in [0, 0.05) is 20.1 Å². The van der Waals surface area contributed by atoms with E-state index < -0.39 is 5.41 Å². The fourth-order valence-electron chi connectivity index (χ4n) is 1.95. The van der Waals surface area contributed by atoms with Gasteiger partial charge in [0.2, 0.25) is 0 Å². The van der Waals surface area contributed by atoms with E-state index in [2.05, 4.69) is 0 Å². The van der Waals surface area contributed by atoms with Crippen molar-refractivity contribution in [3.8, 4) is 0 Å². The van der Waals surface area contributed by atoms with Crippen LogP contribution >= 0.6 is 0 Å². The van der Waals surface area contributed by atoms with Gasteiger partial charge < -0.3 is 9.47 Å². The van der Waals surface area contributed by atoms with Gasteiger partial charge in [0.25, 0.3) is 0 Å². The molecule has 4 heteroatoms.